The van der Waals surface area contributed by atoms with Gasteiger partial charge in [-0.2, -0.15) is 4.39 Å². The number of hydrogen-bond donors (Lipinski definition) is 2. The standard InChI is InChI=1S/C15H15FN4/c16-13-7-3-8-14(20-13)17-10-4-9-15-18-11-5-1-2-6-12(11)19-15/h1-3,5-8H,4,9-10H2,(H,17,20)(H,18,19). The van der Waals surface area contributed by atoms with E-state index >= 15 is 0 Å². The number of nitrogens with zero attached hydrogens (tertiary/aromatic N) is 2. The second kappa shape index (κ2) is 5.69. The van der Waals surface area contributed by atoms with Crippen molar-refractivity contribution < 1.29 is 4.39 Å². The molecule has 1 aromatic carbocycles. The predicted octanol–water partition coefficient (Wildman–Crippen LogP) is 3.14. The van der Waals surface area contributed by atoms with Gasteiger partial charge in [0.2, 0.25) is 5.95 Å². The second-order valence-corrected chi connectivity index (χ2v) is 4.58. The number of halogens is 1. The first-order chi connectivity index (χ1) is 9.81. The maximum atomic E-state index is 12.9. The van der Waals surface area contributed by atoms with Gasteiger partial charge in [0.25, 0.3) is 0 Å². The molecule has 0 radical (unpaired) electrons. The number of aromatic amines is 1. The van der Waals surface area contributed by atoms with E-state index in [1.165, 1.54) is 6.07 Å². The van der Waals surface area contributed by atoms with Gasteiger partial charge in [-0.25, -0.2) is 9.97 Å². The first-order valence-corrected chi connectivity index (χ1v) is 6.61. The van der Waals surface area contributed by atoms with Crippen molar-refractivity contribution in [1.82, 2.24) is 15.0 Å². The van der Waals surface area contributed by atoms with Crippen LogP contribution in [0, 0.1) is 5.95 Å². The molecule has 5 heteroatoms. The summed E-state index contributed by atoms with van der Waals surface area (Å²) >= 11 is 0. The summed E-state index contributed by atoms with van der Waals surface area (Å²) in [6.07, 6.45) is 1.75. The van der Waals surface area contributed by atoms with Crippen molar-refractivity contribution in [2.75, 3.05) is 11.9 Å². The smallest absolute Gasteiger partial charge is 0.214 e. The van der Waals surface area contributed by atoms with Gasteiger partial charge in [0.15, 0.2) is 0 Å². The zero-order valence-corrected chi connectivity index (χ0v) is 10.9. The average molecular weight is 270 g/mol. The van der Waals surface area contributed by atoms with Crippen LogP contribution >= 0.6 is 0 Å². The number of aryl methyl sites for hydroxylation is 1. The van der Waals surface area contributed by atoms with E-state index in [0.717, 1.165) is 36.2 Å². The number of aromatic nitrogens is 3. The van der Waals surface area contributed by atoms with Crippen molar-refractivity contribution in [3.05, 3.63) is 54.2 Å². The number of fused-ring (bicyclic) bond motifs is 1. The van der Waals surface area contributed by atoms with Crippen molar-refractivity contribution in [3.8, 4) is 0 Å². The highest BCUT2D eigenvalue weighted by Crippen LogP contribution is 2.11. The van der Waals surface area contributed by atoms with E-state index < -0.39 is 5.95 Å². The van der Waals surface area contributed by atoms with E-state index in [0.29, 0.717) is 5.82 Å². The fourth-order valence-corrected chi connectivity index (χ4v) is 2.10. The molecule has 0 aliphatic heterocycles. The Morgan fingerprint density at radius 2 is 1.95 bits per heavy atom. The molecule has 20 heavy (non-hydrogen) atoms. The lowest BCUT2D eigenvalue weighted by atomic mass is 10.3. The molecule has 0 saturated carbocycles. The van der Waals surface area contributed by atoms with Crippen LogP contribution in [0.5, 0.6) is 0 Å². The average Bonchev–Trinajstić information content (AvgIpc) is 2.86. The second-order valence-electron chi connectivity index (χ2n) is 4.58. The number of para-hydroxylation sites is 2. The molecule has 0 atom stereocenters. The minimum atomic E-state index is -0.465. The van der Waals surface area contributed by atoms with Crippen molar-refractivity contribution >= 4 is 16.9 Å². The van der Waals surface area contributed by atoms with Crippen LogP contribution < -0.4 is 5.32 Å². The van der Waals surface area contributed by atoms with Crippen molar-refractivity contribution in [1.29, 1.82) is 0 Å². The van der Waals surface area contributed by atoms with Crippen LogP contribution in [0.1, 0.15) is 12.2 Å². The van der Waals surface area contributed by atoms with Gasteiger partial charge in [0, 0.05) is 13.0 Å². The van der Waals surface area contributed by atoms with Gasteiger partial charge in [-0.1, -0.05) is 18.2 Å². The summed E-state index contributed by atoms with van der Waals surface area (Å²) in [5.74, 6) is 1.07. The molecular formula is C15H15FN4. The van der Waals surface area contributed by atoms with Gasteiger partial charge in [-0.15, -0.1) is 0 Å². The molecule has 4 nitrogen and oxygen atoms in total. The Balaban J connectivity index is 1.52. The molecule has 0 aliphatic rings. The molecule has 0 saturated heterocycles. The Labute approximate surface area is 116 Å². The molecule has 102 valence electrons. The van der Waals surface area contributed by atoms with Crippen LogP contribution in [0.2, 0.25) is 0 Å². The minimum Gasteiger partial charge on any atom is -0.370 e. The molecular weight excluding hydrogens is 255 g/mol. The molecule has 0 aliphatic carbocycles. The molecule has 0 unspecified atom stereocenters. The summed E-state index contributed by atoms with van der Waals surface area (Å²) in [5, 5.41) is 3.10. The van der Waals surface area contributed by atoms with E-state index in [1.54, 1.807) is 12.1 Å². The van der Waals surface area contributed by atoms with E-state index in [2.05, 4.69) is 20.3 Å². The van der Waals surface area contributed by atoms with Gasteiger partial charge < -0.3 is 10.3 Å². The Bertz CT molecular complexity index is 675. The first kappa shape index (κ1) is 12.6. The summed E-state index contributed by atoms with van der Waals surface area (Å²) in [5.41, 5.74) is 2.05. The van der Waals surface area contributed by atoms with Gasteiger partial charge >= 0.3 is 0 Å². The number of imidazole rings is 1. The van der Waals surface area contributed by atoms with E-state index in [9.17, 15) is 4.39 Å². The maximum absolute atomic E-state index is 12.9. The summed E-state index contributed by atoms with van der Waals surface area (Å²) in [6.45, 7) is 0.730. The zero-order valence-electron chi connectivity index (χ0n) is 10.9. The lowest BCUT2D eigenvalue weighted by molar-refractivity contribution is 0.585. The third kappa shape index (κ3) is 2.93. The van der Waals surface area contributed by atoms with Crippen molar-refractivity contribution in [3.63, 3.8) is 0 Å². The van der Waals surface area contributed by atoms with Crippen LogP contribution in [-0.4, -0.2) is 21.5 Å². The Morgan fingerprint density at radius 3 is 2.80 bits per heavy atom. The SMILES string of the molecule is Fc1cccc(NCCCc2nc3ccccc3[nH]2)n1. The molecule has 2 aromatic heterocycles. The predicted molar refractivity (Wildman–Crippen MR) is 77.1 cm³/mol. The van der Waals surface area contributed by atoms with E-state index in [-0.39, 0.29) is 0 Å². The number of anilines is 1. The van der Waals surface area contributed by atoms with Crippen LogP contribution in [-0.2, 0) is 6.42 Å². The van der Waals surface area contributed by atoms with E-state index in [4.69, 9.17) is 0 Å². The van der Waals surface area contributed by atoms with Crippen molar-refractivity contribution in [2.24, 2.45) is 0 Å². The molecule has 3 rings (SSSR count). The fourth-order valence-electron chi connectivity index (χ4n) is 2.10. The van der Waals surface area contributed by atoms with Crippen LogP contribution in [0.4, 0.5) is 10.2 Å². The highest BCUT2D eigenvalue weighted by atomic mass is 19.1. The lowest BCUT2D eigenvalue weighted by Gasteiger charge is -2.04. The van der Waals surface area contributed by atoms with Gasteiger partial charge in [0.05, 0.1) is 11.0 Å². The summed E-state index contributed by atoms with van der Waals surface area (Å²) in [6, 6.07) is 12.7. The van der Waals surface area contributed by atoms with E-state index in [1.807, 2.05) is 24.3 Å². The first-order valence-electron chi connectivity index (χ1n) is 6.61. The number of benzene rings is 1. The topological polar surface area (TPSA) is 53.6 Å². The van der Waals surface area contributed by atoms with Gasteiger partial charge in [0.1, 0.15) is 11.6 Å². The van der Waals surface area contributed by atoms with Crippen LogP contribution in [0.25, 0.3) is 11.0 Å². The maximum Gasteiger partial charge on any atom is 0.214 e. The summed E-state index contributed by atoms with van der Waals surface area (Å²) in [4.78, 5) is 11.6. The quantitative estimate of drug-likeness (QED) is 0.553. The minimum absolute atomic E-state index is 0.465. The fraction of sp³-hybridized carbons (Fsp3) is 0.200. The van der Waals surface area contributed by atoms with Crippen molar-refractivity contribution in [2.45, 2.75) is 12.8 Å². The van der Waals surface area contributed by atoms with Crippen LogP contribution in [0.3, 0.4) is 0 Å². The number of rotatable bonds is 5. The third-order valence-electron chi connectivity index (χ3n) is 3.05. The Morgan fingerprint density at radius 1 is 1.05 bits per heavy atom. The monoisotopic (exact) mass is 270 g/mol. The Kier molecular flexibility index (Phi) is 3.58. The molecule has 2 heterocycles. The molecule has 0 amide bonds. The largest absolute Gasteiger partial charge is 0.370 e. The molecule has 0 spiro atoms. The number of H-pyrrole nitrogens is 1. The number of hydrogen-bond acceptors (Lipinski definition) is 3. The van der Waals surface area contributed by atoms with Crippen LogP contribution in [0.15, 0.2) is 42.5 Å². The molecule has 3 aromatic rings. The normalized spacial score (nSPS) is 10.8. The highest BCUT2D eigenvalue weighted by Gasteiger charge is 2.02. The molecule has 0 fully saturated rings. The highest BCUT2D eigenvalue weighted by molar-refractivity contribution is 5.74. The zero-order chi connectivity index (χ0) is 13.8. The summed E-state index contributed by atoms with van der Waals surface area (Å²) in [7, 11) is 0. The van der Waals surface area contributed by atoms with Gasteiger partial charge in [-0.3, -0.25) is 0 Å². The number of pyridine rings is 1. The lowest BCUT2D eigenvalue weighted by Crippen LogP contribution is -2.05. The number of nitrogens with one attached hydrogen (secondary N) is 2. The molecule has 2 N–H and O–H groups in total. The molecule has 0 bridgehead atoms. The summed E-state index contributed by atoms with van der Waals surface area (Å²) < 4.78 is 12.9. The Hall–Kier alpha value is -2.43. The van der Waals surface area contributed by atoms with Gasteiger partial charge in [-0.05, 0) is 30.7 Å². The third-order valence-corrected chi connectivity index (χ3v) is 3.05.